The van der Waals surface area contributed by atoms with Crippen molar-refractivity contribution in [3.63, 3.8) is 0 Å². The summed E-state index contributed by atoms with van der Waals surface area (Å²) in [6.45, 7) is 2.40. The molecule has 0 aromatic heterocycles. The van der Waals surface area contributed by atoms with Gasteiger partial charge < -0.3 is 4.74 Å². The van der Waals surface area contributed by atoms with Crippen molar-refractivity contribution in [3.8, 4) is 12.0 Å². The Bertz CT molecular complexity index is 508. The van der Waals surface area contributed by atoms with Crippen LogP contribution in [-0.4, -0.2) is 29.9 Å². The summed E-state index contributed by atoms with van der Waals surface area (Å²) in [7, 11) is 0. The Kier molecular flexibility index (Phi) is 3.10. The van der Waals surface area contributed by atoms with Gasteiger partial charge in [-0.3, -0.25) is 4.79 Å². The first-order valence-electron chi connectivity index (χ1n) is 5.24. The summed E-state index contributed by atoms with van der Waals surface area (Å²) in [6, 6.07) is 9.66. The van der Waals surface area contributed by atoms with Gasteiger partial charge in [0.25, 0.3) is 0 Å². The highest BCUT2D eigenvalue weighted by atomic mass is 16.6. The van der Waals surface area contributed by atoms with Gasteiger partial charge in [-0.05, 0) is 25.0 Å². The van der Waals surface area contributed by atoms with Gasteiger partial charge in [0.2, 0.25) is 0 Å². The van der Waals surface area contributed by atoms with Gasteiger partial charge in [-0.2, -0.15) is 0 Å². The third-order valence-corrected chi connectivity index (χ3v) is 2.39. The molecule has 0 N–H and O–H groups in total. The summed E-state index contributed by atoms with van der Waals surface area (Å²) in [6.07, 6.45) is -0.405. The Morgan fingerprint density at radius 3 is 2.59 bits per heavy atom. The molecule has 1 aromatic rings. The minimum Gasteiger partial charge on any atom is -0.447 e. The van der Waals surface area contributed by atoms with E-state index < -0.39 is 6.09 Å². The van der Waals surface area contributed by atoms with Crippen LogP contribution in [0.4, 0.5) is 4.79 Å². The van der Waals surface area contributed by atoms with Crippen molar-refractivity contribution in [1.82, 2.24) is 4.90 Å². The molecule has 1 amide bonds. The number of benzene rings is 1. The maximum atomic E-state index is 11.1. The minimum absolute atomic E-state index is 0.0210. The topological polar surface area (TPSA) is 46.6 Å². The van der Waals surface area contributed by atoms with E-state index in [9.17, 15) is 9.59 Å². The number of rotatable bonds is 1. The molecule has 1 aromatic carbocycles. The maximum Gasteiger partial charge on any atom is 0.421 e. The third kappa shape index (κ3) is 2.64. The fourth-order valence-electron chi connectivity index (χ4n) is 1.42. The quantitative estimate of drug-likeness (QED) is 0.543. The first kappa shape index (κ1) is 11.2. The minimum atomic E-state index is -0.405. The number of Topliss-reactive ketones (excluding diaryl/α,β-unsaturated/α-hetero) is 1. The third-order valence-electron chi connectivity index (χ3n) is 2.39. The van der Waals surface area contributed by atoms with Gasteiger partial charge in [-0.25, -0.2) is 9.69 Å². The molecule has 1 aliphatic heterocycles. The van der Waals surface area contributed by atoms with Crippen LogP contribution in [0.1, 0.15) is 22.8 Å². The van der Waals surface area contributed by atoms with Gasteiger partial charge in [-0.1, -0.05) is 12.1 Å². The molecule has 1 heterocycles. The van der Waals surface area contributed by atoms with Gasteiger partial charge in [0.15, 0.2) is 5.78 Å². The first-order valence-corrected chi connectivity index (χ1v) is 5.24. The van der Waals surface area contributed by atoms with Gasteiger partial charge in [-0.15, -0.1) is 0 Å². The summed E-state index contributed by atoms with van der Waals surface area (Å²) in [5.74, 6) is 2.87. The molecule has 0 radical (unpaired) electrons. The number of hydrogen-bond acceptors (Lipinski definition) is 3. The number of ketones is 1. The zero-order valence-electron chi connectivity index (χ0n) is 9.40. The SMILES string of the molecule is CC(=O)c1ccc(C#CN2CCOC2=O)cc1. The van der Waals surface area contributed by atoms with E-state index in [0.29, 0.717) is 18.7 Å². The first-order chi connectivity index (χ1) is 8.16. The van der Waals surface area contributed by atoms with E-state index >= 15 is 0 Å². The molecular weight excluding hydrogens is 218 g/mol. The second-order valence-corrected chi connectivity index (χ2v) is 3.64. The molecule has 0 spiro atoms. The molecule has 2 rings (SSSR count). The lowest BCUT2D eigenvalue weighted by Crippen LogP contribution is -2.17. The maximum absolute atomic E-state index is 11.1. The standard InChI is InChI=1S/C13H11NO3/c1-10(15)12-4-2-11(3-5-12)6-7-14-8-9-17-13(14)16/h2-5H,8-9H2,1H3. The van der Waals surface area contributed by atoms with Crippen LogP contribution in [0, 0.1) is 12.0 Å². The molecule has 1 saturated heterocycles. The van der Waals surface area contributed by atoms with Gasteiger partial charge in [0, 0.05) is 17.2 Å². The van der Waals surface area contributed by atoms with E-state index in [0.717, 1.165) is 5.56 Å². The average molecular weight is 229 g/mol. The van der Waals surface area contributed by atoms with Crippen LogP contribution in [-0.2, 0) is 4.74 Å². The monoisotopic (exact) mass is 229 g/mol. The van der Waals surface area contributed by atoms with Crippen LogP contribution in [0.25, 0.3) is 0 Å². The second kappa shape index (κ2) is 4.71. The number of carbonyl (C=O) groups is 2. The van der Waals surface area contributed by atoms with Crippen LogP contribution in [0.15, 0.2) is 24.3 Å². The second-order valence-electron chi connectivity index (χ2n) is 3.64. The molecule has 0 unspecified atom stereocenters. The summed E-state index contributed by atoms with van der Waals surface area (Å²) in [5.41, 5.74) is 1.41. The number of carbonyl (C=O) groups excluding carboxylic acids is 2. The summed E-state index contributed by atoms with van der Waals surface area (Å²) < 4.78 is 4.74. The van der Waals surface area contributed by atoms with Crippen molar-refractivity contribution >= 4 is 11.9 Å². The molecule has 86 valence electrons. The van der Waals surface area contributed by atoms with Crippen LogP contribution in [0.2, 0.25) is 0 Å². The Balaban J connectivity index is 2.11. The average Bonchev–Trinajstić information content (AvgIpc) is 2.73. The number of amides is 1. The van der Waals surface area contributed by atoms with Gasteiger partial charge >= 0.3 is 6.09 Å². The molecule has 4 nitrogen and oxygen atoms in total. The van der Waals surface area contributed by atoms with Crippen LogP contribution >= 0.6 is 0 Å². The Hall–Kier alpha value is -2.28. The van der Waals surface area contributed by atoms with Gasteiger partial charge in [0.05, 0.1) is 6.54 Å². The molecule has 0 atom stereocenters. The number of nitrogens with zero attached hydrogens (tertiary/aromatic N) is 1. The lowest BCUT2D eigenvalue weighted by Gasteiger charge is -2.00. The van der Waals surface area contributed by atoms with Crippen LogP contribution in [0.5, 0.6) is 0 Å². The fourth-order valence-corrected chi connectivity index (χ4v) is 1.42. The highest BCUT2D eigenvalue weighted by Gasteiger charge is 2.19. The van der Waals surface area contributed by atoms with E-state index in [1.165, 1.54) is 11.8 Å². The highest BCUT2D eigenvalue weighted by Crippen LogP contribution is 2.05. The summed E-state index contributed by atoms with van der Waals surface area (Å²) in [4.78, 5) is 23.5. The molecule has 1 fully saturated rings. The van der Waals surface area contributed by atoms with Crippen LogP contribution < -0.4 is 0 Å². The predicted molar refractivity (Wildman–Crippen MR) is 61.4 cm³/mol. The molecule has 17 heavy (non-hydrogen) atoms. The molecule has 4 heteroatoms. The Morgan fingerprint density at radius 1 is 1.35 bits per heavy atom. The van der Waals surface area contributed by atoms with Crippen LogP contribution in [0.3, 0.4) is 0 Å². The normalized spacial score (nSPS) is 13.9. The van der Waals surface area contributed by atoms with E-state index in [4.69, 9.17) is 4.74 Å². The zero-order valence-corrected chi connectivity index (χ0v) is 9.40. The van der Waals surface area contributed by atoms with Crippen molar-refractivity contribution in [2.24, 2.45) is 0 Å². The van der Waals surface area contributed by atoms with E-state index in [2.05, 4.69) is 12.0 Å². The summed E-state index contributed by atoms with van der Waals surface area (Å²) in [5, 5.41) is 0. The van der Waals surface area contributed by atoms with Crippen molar-refractivity contribution < 1.29 is 14.3 Å². The molecular formula is C13H11NO3. The Morgan fingerprint density at radius 2 is 2.06 bits per heavy atom. The van der Waals surface area contributed by atoms with Crippen molar-refractivity contribution in [3.05, 3.63) is 35.4 Å². The lowest BCUT2D eigenvalue weighted by molar-refractivity contribution is 0.101. The van der Waals surface area contributed by atoms with Crippen molar-refractivity contribution in [1.29, 1.82) is 0 Å². The van der Waals surface area contributed by atoms with Gasteiger partial charge in [0.1, 0.15) is 6.61 Å². The Labute approximate surface area is 99.2 Å². The largest absolute Gasteiger partial charge is 0.447 e. The van der Waals surface area contributed by atoms with E-state index in [1.54, 1.807) is 24.3 Å². The number of cyclic esters (lactones) is 1. The molecule has 0 saturated carbocycles. The van der Waals surface area contributed by atoms with E-state index in [-0.39, 0.29) is 5.78 Å². The van der Waals surface area contributed by atoms with E-state index in [1.807, 2.05) is 0 Å². The zero-order chi connectivity index (χ0) is 12.3. The molecule has 0 bridgehead atoms. The molecule has 0 aliphatic carbocycles. The number of hydrogen-bond donors (Lipinski definition) is 0. The number of ether oxygens (including phenoxy) is 1. The lowest BCUT2D eigenvalue weighted by atomic mass is 10.1. The van der Waals surface area contributed by atoms with Crippen molar-refractivity contribution in [2.75, 3.05) is 13.2 Å². The highest BCUT2D eigenvalue weighted by molar-refractivity contribution is 5.94. The van der Waals surface area contributed by atoms with Crippen molar-refractivity contribution in [2.45, 2.75) is 6.92 Å². The molecule has 1 aliphatic rings. The smallest absolute Gasteiger partial charge is 0.421 e. The predicted octanol–water partition coefficient (Wildman–Crippen LogP) is 1.65. The fraction of sp³-hybridized carbons (Fsp3) is 0.231. The summed E-state index contributed by atoms with van der Waals surface area (Å²) >= 11 is 0.